The van der Waals surface area contributed by atoms with Crippen molar-refractivity contribution in [2.75, 3.05) is 18.2 Å². The number of ketones is 2. The number of amidine groups is 1. The van der Waals surface area contributed by atoms with E-state index in [9.17, 15) is 18.4 Å². The Kier molecular flexibility index (Phi) is 35.1. The number of benzene rings is 3. The molecule has 1 aliphatic rings. The van der Waals surface area contributed by atoms with Crippen molar-refractivity contribution in [3.05, 3.63) is 276 Å². The summed E-state index contributed by atoms with van der Waals surface area (Å²) in [6.07, 6.45) is 11.5. The van der Waals surface area contributed by atoms with Crippen LogP contribution in [0, 0.1) is 44.2 Å². The third-order valence-corrected chi connectivity index (χ3v) is 18.1. The van der Waals surface area contributed by atoms with Crippen molar-refractivity contribution in [3.63, 3.8) is 0 Å². The molecule has 3 N–H and O–H groups in total. The summed E-state index contributed by atoms with van der Waals surface area (Å²) in [5.41, 5.74) is 18.4. The standard InChI is InChI=1S/C14H12BrNOS.C14H11N5S.C14H14N4O.C7H5BrFNO.C7H5BrN2S.C7H8S.C6H2BrFN2.CH3.BrH.Mg/c1-10(17)14-13(7-12(15)8-16-14)18-9-11-5-3-2-4-6-11;1-8-12-11(20-19-8)5-10(7-16-12)18-14-13-9(6-17-14)3-2-4-15-13;1-19-11-6-4-10(5-7-11)9-18-12-3-2-8-16-13(12)14(15)17-18;1-4(11)7-6(9)2-5(8)3-10-7;1-4-7-6(11-10-4)2-5(8)3-9-7;8-6-7-4-2-1-3-5-7;7-4-1-5(8)6(2-9)10-3-4;;;/h2-8H,9H2,1H3;2-5,7H,6H2,1H3,(H,17,18);2-8H,9H2,1H3,(H2,15,17);2*2-3H,1H3;1-5,8H,6H2;1,3H;1H3;1H;/q;;;;;;;-1;;+2/p-1. The van der Waals surface area contributed by atoms with Crippen molar-refractivity contribution in [2.45, 2.75) is 57.2 Å². The quantitative estimate of drug-likeness (QED) is 0.0378. The largest absolute Gasteiger partial charge is 2.00 e. The molecule has 0 unspecified atom stereocenters. The van der Waals surface area contributed by atoms with E-state index < -0.39 is 11.6 Å². The number of methoxy groups -OCH3 is 1. The van der Waals surface area contributed by atoms with Crippen LogP contribution in [0.2, 0.25) is 0 Å². The molecule has 0 fully saturated rings. The fourth-order valence-electron chi connectivity index (χ4n) is 8.53. The van der Waals surface area contributed by atoms with Gasteiger partial charge in [-0.2, -0.15) is 31.7 Å². The Labute approximate surface area is 655 Å². The molecule has 0 saturated heterocycles. The second kappa shape index (κ2) is 42.1. The molecule has 3 aromatic carbocycles. The first kappa shape index (κ1) is 83.2. The second-order valence-corrected chi connectivity index (χ2v) is 26.9. The van der Waals surface area contributed by atoms with E-state index in [1.165, 1.54) is 65.6 Å². The number of nitrogens with zero attached hydrogens (tertiary/aromatic N) is 13. The molecule has 0 amide bonds. The number of hydrogen-bond acceptors (Lipinski definition) is 21. The normalized spacial score (nSPS) is 10.4. The molecule has 0 saturated carbocycles. The predicted octanol–water partition coefficient (Wildman–Crippen LogP) is 15.2. The molecule has 14 rings (SSSR count). The number of nitrogens with one attached hydrogen (secondary N) is 1. The Morgan fingerprint density at radius 3 is 1.81 bits per heavy atom. The number of fused-ring (bicyclic) bond motifs is 4. The van der Waals surface area contributed by atoms with Crippen molar-refractivity contribution in [3.8, 4) is 11.8 Å². The van der Waals surface area contributed by atoms with Gasteiger partial charge in [0.05, 0.1) is 58.4 Å². The number of aliphatic imine (C=N–C) groups is 1. The summed E-state index contributed by atoms with van der Waals surface area (Å²) in [7, 11) is 1.66. The molecule has 0 aliphatic carbocycles. The van der Waals surface area contributed by atoms with Crippen molar-refractivity contribution in [2.24, 2.45) is 4.99 Å². The topological polar surface area (TPSA) is 251 Å². The number of thioether (sulfide) groups is 1. The van der Waals surface area contributed by atoms with E-state index in [-0.39, 0.29) is 70.4 Å². The number of anilines is 2. The molecule has 13 aromatic rings. The first-order valence-electron chi connectivity index (χ1n) is 28.9. The van der Waals surface area contributed by atoms with E-state index in [0.29, 0.717) is 33.5 Å². The van der Waals surface area contributed by atoms with Crippen LogP contribution in [-0.4, -0.2) is 101 Å². The molecular formula is C70H60Br5F2MgN15O3S4. The summed E-state index contributed by atoms with van der Waals surface area (Å²) in [6.45, 7) is 8.10. The minimum atomic E-state index is -0.600. The van der Waals surface area contributed by atoms with Gasteiger partial charge in [0.1, 0.15) is 45.5 Å². The van der Waals surface area contributed by atoms with Crippen LogP contribution in [0.4, 0.5) is 20.3 Å². The zero-order valence-corrected chi connectivity index (χ0v) is 67.0. The number of nitriles is 1. The Morgan fingerprint density at radius 1 is 0.670 bits per heavy atom. The number of nitrogens with two attached hydrogens (primary N) is 1. The van der Waals surface area contributed by atoms with E-state index in [0.717, 1.165) is 102 Å². The molecule has 0 spiro atoms. The number of aryl methyl sites for hydroxylation is 2. The third-order valence-electron chi connectivity index (χ3n) is 13.2. The van der Waals surface area contributed by atoms with E-state index >= 15 is 0 Å². The van der Waals surface area contributed by atoms with Gasteiger partial charge in [0.25, 0.3) is 0 Å². The summed E-state index contributed by atoms with van der Waals surface area (Å²) in [5, 5.41) is 15.9. The van der Waals surface area contributed by atoms with Crippen LogP contribution >= 0.6 is 111 Å². The Bertz CT molecular complexity index is 4910. The van der Waals surface area contributed by atoms with E-state index in [4.69, 9.17) is 15.7 Å². The molecule has 0 radical (unpaired) electrons. The maximum Gasteiger partial charge on any atom is 2.00 e. The average Bonchev–Trinajstić information content (AvgIpc) is 1.66. The molecule has 10 aromatic heterocycles. The van der Waals surface area contributed by atoms with Gasteiger partial charge in [-0.3, -0.25) is 44.2 Å². The molecule has 30 heteroatoms. The number of nitrogen functional groups attached to an aromatic ring is 1. The number of ether oxygens (including phenoxy) is 1. The Morgan fingerprint density at radius 2 is 1.22 bits per heavy atom. The summed E-state index contributed by atoms with van der Waals surface area (Å²) >= 11 is 21.5. The van der Waals surface area contributed by atoms with Gasteiger partial charge in [-0.1, -0.05) is 78.9 Å². The number of halogens is 7. The van der Waals surface area contributed by atoms with Crippen LogP contribution in [0.5, 0.6) is 5.75 Å². The first-order chi connectivity index (χ1) is 46.8. The number of carbonyl (C=O) groups excluding carboxylic acids is 2. The maximum absolute atomic E-state index is 12.8. The number of carbonyl (C=O) groups is 2. The molecular weight excluding hydrogens is 1690 g/mol. The molecule has 11 heterocycles. The first-order valence-corrected chi connectivity index (χ1v) is 35.2. The van der Waals surface area contributed by atoms with Crippen molar-refractivity contribution in [1.82, 2.24) is 53.4 Å². The van der Waals surface area contributed by atoms with E-state index in [2.05, 4.69) is 172 Å². The van der Waals surface area contributed by atoms with Gasteiger partial charge in [0, 0.05) is 90.9 Å². The average molecular weight is 1750 g/mol. The number of hydrogen-bond donors (Lipinski definition) is 3. The smallest absolute Gasteiger partial charge is 1.00 e. The van der Waals surface area contributed by atoms with Crippen LogP contribution in [0.15, 0.2) is 211 Å². The number of pyridine rings is 7. The maximum atomic E-state index is 12.8. The molecule has 0 bridgehead atoms. The van der Waals surface area contributed by atoms with Crippen molar-refractivity contribution >= 4 is 195 Å². The van der Waals surface area contributed by atoms with Gasteiger partial charge in [0.15, 0.2) is 40.5 Å². The van der Waals surface area contributed by atoms with E-state index in [1.807, 2.05) is 116 Å². The van der Waals surface area contributed by atoms with Crippen LogP contribution < -0.4 is 32.8 Å². The Balaban J connectivity index is 0.000000214. The number of rotatable bonds is 10. The minimum absolute atomic E-state index is 0. The molecule has 100 heavy (non-hydrogen) atoms. The summed E-state index contributed by atoms with van der Waals surface area (Å²) in [6, 6.07) is 46.1. The summed E-state index contributed by atoms with van der Waals surface area (Å²) in [5.74, 6) is 2.22. The summed E-state index contributed by atoms with van der Waals surface area (Å²) < 4.78 is 46.0. The zero-order valence-electron chi connectivity index (χ0n) is 54.3. The van der Waals surface area contributed by atoms with Crippen LogP contribution in [0.25, 0.3) is 31.5 Å². The third kappa shape index (κ3) is 24.7. The molecule has 508 valence electrons. The fraction of sp³-hybridized carbons (Fsp3) is 0.129. The number of Topliss-reactive ketones (excluding diaryl/α,β-unsaturated/α-hetero) is 2. The van der Waals surface area contributed by atoms with Gasteiger partial charge in [0.2, 0.25) is 0 Å². The van der Waals surface area contributed by atoms with Crippen LogP contribution in [-0.2, 0) is 24.6 Å². The zero-order chi connectivity index (χ0) is 69.4. The molecule has 18 nitrogen and oxygen atoms in total. The van der Waals surface area contributed by atoms with Gasteiger partial charge < -0.3 is 40.2 Å². The van der Waals surface area contributed by atoms with Gasteiger partial charge in [-0.25, -0.2) is 18.7 Å². The monoisotopic (exact) mass is 1740 g/mol. The van der Waals surface area contributed by atoms with Gasteiger partial charge in [-0.05, 0) is 178 Å². The van der Waals surface area contributed by atoms with E-state index in [1.54, 1.807) is 56.7 Å². The van der Waals surface area contributed by atoms with Gasteiger partial charge >= 0.3 is 23.1 Å². The van der Waals surface area contributed by atoms with Crippen LogP contribution in [0.3, 0.4) is 0 Å². The van der Waals surface area contributed by atoms with Crippen LogP contribution in [0.1, 0.15) is 79.9 Å². The predicted molar refractivity (Wildman–Crippen MR) is 412 cm³/mol. The Hall–Kier alpha value is -7.41. The van der Waals surface area contributed by atoms with Crippen molar-refractivity contribution in [1.29, 1.82) is 5.26 Å². The SMILES string of the molecule is CC(=O)c1ncc(Br)cc1F.CC(=O)c1ncc(Br)cc1SCc1ccccc1.COc1ccc(Cn2nc(N)c3ncccc32)cc1.Cc1nsc2cc(Br)cnc12.Cc1nsc2cc(NC3=NCc4cccnc43)cnc12.N#Cc1ncc(Br)cc1F.SCc1ccccc1.[Br-].[CH3-].[Mg+2]. The molecule has 1 aliphatic heterocycles. The number of aromatic nitrogens is 11. The van der Waals surface area contributed by atoms with Crippen molar-refractivity contribution < 1.29 is 40.1 Å². The van der Waals surface area contributed by atoms with Gasteiger partial charge in [-0.15, -0.1) is 11.8 Å². The minimum Gasteiger partial charge on any atom is -1.00 e. The number of thiol groups is 1. The second-order valence-electron chi connectivity index (χ2n) is 20.3. The fourth-order valence-corrected chi connectivity index (χ4v) is 13.0. The summed E-state index contributed by atoms with van der Waals surface area (Å²) in [4.78, 5) is 56.2. The molecule has 0 atom stereocenters.